The van der Waals surface area contributed by atoms with E-state index in [2.05, 4.69) is 0 Å². The molecule has 1 unspecified atom stereocenters. The van der Waals surface area contributed by atoms with Crippen LogP contribution in [0.25, 0.3) is 11.0 Å². The van der Waals surface area contributed by atoms with Gasteiger partial charge in [-0.2, -0.15) is 0 Å². The fraction of sp³-hybridized carbons (Fsp3) is 0.357. The second-order valence-corrected chi connectivity index (χ2v) is 4.40. The number of aryl methyl sites for hydroxylation is 1. The van der Waals surface area contributed by atoms with Crippen molar-refractivity contribution < 1.29 is 13.9 Å². The summed E-state index contributed by atoms with van der Waals surface area (Å²) in [6, 6.07) is 6.97. The molecule has 0 saturated heterocycles. The second-order valence-electron chi connectivity index (χ2n) is 4.40. The summed E-state index contributed by atoms with van der Waals surface area (Å²) in [6.07, 6.45) is 0.491. The number of hydrogen-bond acceptors (Lipinski definition) is 4. The zero-order valence-electron chi connectivity index (χ0n) is 10.6. The minimum atomic E-state index is -0.577. The molecule has 0 saturated carbocycles. The number of methoxy groups -OCH3 is 1. The van der Waals surface area contributed by atoms with Gasteiger partial charge in [0, 0.05) is 19.1 Å². The Morgan fingerprint density at radius 1 is 1.44 bits per heavy atom. The molecule has 2 rings (SSSR count). The Morgan fingerprint density at radius 2 is 2.22 bits per heavy atom. The summed E-state index contributed by atoms with van der Waals surface area (Å²) < 4.78 is 10.4. The van der Waals surface area contributed by atoms with E-state index in [1.54, 1.807) is 13.2 Å². The van der Waals surface area contributed by atoms with E-state index in [4.69, 9.17) is 14.9 Å². The molecule has 1 aromatic carbocycles. The van der Waals surface area contributed by atoms with Crippen molar-refractivity contribution in [1.29, 1.82) is 0 Å². The molecule has 0 aliphatic carbocycles. The molecule has 18 heavy (non-hydrogen) atoms. The third-order valence-corrected chi connectivity index (χ3v) is 2.88. The van der Waals surface area contributed by atoms with Crippen molar-refractivity contribution in [2.45, 2.75) is 19.4 Å². The molecule has 1 atom stereocenters. The molecule has 0 spiro atoms. The van der Waals surface area contributed by atoms with E-state index in [0.717, 1.165) is 10.9 Å². The molecular weight excluding hydrogens is 230 g/mol. The van der Waals surface area contributed by atoms with E-state index in [0.29, 0.717) is 24.4 Å². The molecule has 0 fully saturated rings. The molecule has 0 bridgehead atoms. The number of nitrogens with two attached hydrogens (primary N) is 1. The van der Waals surface area contributed by atoms with Gasteiger partial charge in [0.25, 0.3) is 0 Å². The Hall–Kier alpha value is -1.65. The van der Waals surface area contributed by atoms with Crippen LogP contribution in [0.15, 0.2) is 28.7 Å². The van der Waals surface area contributed by atoms with Gasteiger partial charge in [-0.1, -0.05) is 11.6 Å². The quantitative estimate of drug-likeness (QED) is 0.823. The highest BCUT2D eigenvalue weighted by Crippen LogP contribution is 2.21. The molecule has 0 amide bonds. The summed E-state index contributed by atoms with van der Waals surface area (Å²) in [5.74, 6) is 0.139. The van der Waals surface area contributed by atoms with E-state index in [1.807, 2.05) is 25.1 Å². The highest BCUT2D eigenvalue weighted by molar-refractivity contribution is 6.00. The normalized spacial score (nSPS) is 12.8. The summed E-state index contributed by atoms with van der Waals surface area (Å²) in [5, 5.41) is 0.928. The summed E-state index contributed by atoms with van der Waals surface area (Å²) in [4.78, 5) is 12.0. The molecule has 1 heterocycles. The van der Waals surface area contributed by atoms with Gasteiger partial charge in [0.15, 0.2) is 5.76 Å². The van der Waals surface area contributed by atoms with Gasteiger partial charge in [-0.15, -0.1) is 0 Å². The predicted octanol–water partition coefficient (Wildman–Crippen LogP) is 2.29. The molecule has 4 nitrogen and oxygen atoms in total. The van der Waals surface area contributed by atoms with Gasteiger partial charge in [0.1, 0.15) is 5.58 Å². The molecule has 0 aliphatic rings. The van der Waals surface area contributed by atoms with E-state index < -0.39 is 6.04 Å². The number of ether oxygens (including phenoxy) is 1. The molecule has 2 aromatic rings. The van der Waals surface area contributed by atoms with Crippen molar-refractivity contribution in [2.24, 2.45) is 5.73 Å². The second kappa shape index (κ2) is 5.33. The largest absolute Gasteiger partial charge is 0.453 e. The Kier molecular flexibility index (Phi) is 3.79. The third kappa shape index (κ3) is 2.60. The van der Waals surface area contributed by atoms with Gasteiger partial charge in [-0.05, 0) is 31.5 Å². The van der Waals surface area contributed by atoms with Crippen LogP contribution >= 0.6 is 0 Å². The van der Waals surface area contributed by atoms with Crippen molar-refractivity contribution in [3.63, 3.8) is 0 Å². The van der Waals surface area contributed by atoms with E-state index in [9.17, 15) is 4.79 Å². The van der Waals surface area contributed by atoms with Crippen molar-refractivity contribution in [3.05, 3.63) is 35.6 Å². The molecule has 0 radical (unpaired) electrons. The SMILES string of the molecule is COCCC(N)C(=O)c1cc2cc(C)ccc2o1. The molecule has 96 valence electrons. The Bertz CT molecular complexity index is 559. The Labute approximate surface area is 106 Å². The number of hydrogen-bond donors (Lipinski definition) is 1. The van der Waals surface area contributed by atoms with Gasteiger partial charge in [-0.25, -0.2) is 0 Å². The predicted molar refractivity (Wildman–Crippen MR) is 69.7 cm³/mol. The third-order valence-electron chi connectivity index (χ3n) is 2.88. The topological polar surface area (TPSA) is 65.5 Å². The van der Waals surface area contributed by atoms with Crippen LogP contribution in [-0.2, 0) is 4.74 Å². The number of furan rings is 1. The smallest absolute Gasteiger partial charge is 0.214 e. The number of carbonyl (C=O) groups excluding carboxylic acids is 1. The van der Waals surface area contributed by atoms with Crippen molar-refractivity contribution in [1.82, 2.24) is 0 Å². The van der Waals surface area contributed by atoms with E-state index in [-0.39, 0.29) is 5.78 Å². The summed E-state index contributed by atoms with van der Waals surface area (Å²) in [7, 11) is 1.58. The molecular formula is C14H17NO3. The van der Waals surface area contributed by atoms with Crippen LogP contribution < -0.4 is 5.73 Å². The molecule has 0 aliphatic heterocycles. The monoisotopic (exact) mass is 247 g/mol. The Balaban J connectivity index is 2.22. The number of rotatable bonds is 5. The Morgan fingerprint density at radius 3 is 2.94 bits per heavy atom. The maximum atomic E-state index is 12.0. The van der Waals surface area contributed by atoms with Crippen LogP contribution in [0.1, 0.15) is 22.5 Å². The zero-order chi connectivity index (χ0) is 13.1. The minimum absolute atomic E-state index is 0.180. The van der Waals surface area contributed by atoms with E-state index in [1.165, 1.54) is 0 Å². The van der Waals surface area contributed by atoms with Crippen LogP contribution in [0.4, 0.5) is 0 Å². The van der Waals surface area contributed by atoms with Crippen LogP contribution in [0.2, 0.25) is 0 Å². The fourth-order valence-electron chi connectivity index (χ4n) is 1.84. The number of fused-ring (bicyclic) bond motifs is 1. The van der Waals surface area contributed by atoms with Gasteiger partial charge < -0.3 is 14.9 Å². The number of benzene rings is 1. The van der Waals surface area contributed by atoms with Gasteiger partial charge >= 0.3 is 0 Å². The first-order valence-corrected chi connectivity index (χ1v) is 5.90. The maximum absolute atomic E-state index is 12.0. The lowest BCUT2D eigenvalue weighted by molar-refractivity contribution is 0.0910. The average Bonchev–Trinajstić information content (AvgIpc) is 2.77. The lowest BCUT2D eigenvalue weighted by atomic mass is 10.1. The van der Waals surface area contributed by atoms with Crippen LogP contribution in [0, 0.1) is 6.92 Å². The first-order chi connectivity index (χ1) is 8.61. The van der Waals surface area contributed by atoms with Gasteiger partial charge in [-0.3, -0.25) is 4.79 Å². The number of Topliss-reactive ketones (excluding diaryl/α,β-unsaturated/α-hetero) is 1. The van der Waals surface area contributed by atoms with Crippen LogP contribution in [0.3, 0.4) is 0 Å². The minimum Gasteiger partial charge on any atom is -0.453 e. The van der Waals surface area contributed by atoms with Crippen molar-refractivity contribution >= 4 is 16.8 Å². The van der Waals surface area contributed by atoms with Crippen molar-refractivity contribution in [3.8, 4) is 0 Å². The molecule has 1 aromatic heterocycles. The van der Waals surface area contributed by atoms with Crippen LogP contribution in [0.5, 0.6) is 0 Å². The summed E-state index contributed by atoms with van der Waals surface area (Å²) in [5.41, 5.74) is 7.64. The van der Waals surface area contributed by atoms with Gasteiger partial charge in [0.2, 0.25) is 5.78 Å². The standard InChI is InChI=1S/C14H17NO3/c1-9-3-4-12-10(7-9)8-13(18-12)14(16)11(15)5-6-17-2/h3-4,7-8,11H,5-6,15H2,1-2H3. The lowest BCUT2D eigenvalue weighted by Crippen LogP contribution is -2.31. The first kappa shape index (κ1) is 12.8. The number of ketones is 1. The average molecular weight is 247 g/mol. The first-order valence-electron chi connectivity index (χ1n) is 5.90. The highest BCUT2D eigenvalue weighted by atomic mass is 16.5. The van der Waals surface area contributed by atoms with Crippen LogP contribution in [-0.4, -0.2) is 25.5 Å². The summed E-state index contributed by atoms with van der Waals surface area (Å²) in [6.45, 7) is 2.46. The fourth-order valence-corrected chi connectivity index (χ4v) is 1.84. The lowest BCUT2D eigenvalue weighted by Gasteiger charge is -2.07. The molecule has 4 heteroatoms. The summed E-state index contributed by atoms with van der Waals surface area (Å²) >= 11 is 0. The molecule has 2 N–H and O–H groups in total. The number of carbonyl (C=O) groups is 1. The highest BCUT2D eigenvalue weighted by Gasteiger charge is 2.19. The van der Waals surface area contributed by atoms with Gasteiger partial charge in [0.05, 0.1) is 6.04 Å². The van der Waals surface area contributed by atoms with Crippen molar-refractivity contribution in [2.75, 3.05) is 13.7 Å². The zero-order valence-corrected chi connectivity index (χ0v) is 10.6. The van der Waals surface area contributed by atoms with E-state index >= 15 is 0 Å². The maximum Gasteiger partial charge on any atom is 0.214 e.